The highest BCUT2D eigenvalue weighted by atomic mass is 79.9. The Balaban J connectivity index is 1.91. The topological polar surface area (TPSA) is 30.0 Å². The second kappa shape index (κ2) is 7.58. The van der Waals surface area contributed by atoms with E-state index in [0.29, 0.717) is 0 Å². The molecule has 1 aromatic carbocycles. The lowest BCUT2D eigenvalue weighted by atomic mass is 10.1. The van der Waals surface area contributed by atoms with Gasteiger partial charge in [-0.1, -0.05) is 22.0 Å². The minimum atomic E-state index is -0.434. The Morgan fingerprint density at radius 3 is 2.43 bits per heavy atom. The Bertz CT molecular complexity index is 457. The SMILES string of the molecule is C[C@@H](O)c1ccc(N2CCN(CCN(C)C)CC2)cc1Br. The second-order valence-electron chi connectivity index (χ2n) is 6.01. The number of aliphatic hydroxyl groups is 1. The van der Waals surface area contributed by atoms with Crippen molar-refractivity contribution in [2.24, 2.45) is 0 Å². The number of aliphatic hydroxyl groups excluding tert-OH is 1. The molecule has 0 radical (unpaired) electrons. The van der Waals surface area contributed by atoms with Crippen molar-refractivity contribution in [3.8, 4) is 0 Å². The van der Waals surface area contributed by atoms with Gasteiger partial charge in [-0.2, -0.15) is 0 Å². The van der Waals surface area contributed by atoms with Crippen LogP contribution in [0.3, 0.4) is 0 Å². The molecular formula is C16H26BrN3O. The molecule has 1 fully saturated rings. The summed E-state index contributed by atoms with van der Waals surface area (Å²) in [5.41, 5.74) is 2.18. The average Bonchev–Trinajstić information content (AvgIpc) is 2.45. The van der Waals surface area contributed by atoms with Crippen LogP contribution in [-0.2, 0) is 0 Å². The van der Waals surface area contributed by atoms with E-state index in [-0.39, 0.29) is 0 Å². The molecule has 2 rings (SSSR count). The third kappa shape index (κ3) is 4.68. The summed E-state index contributed by atoms with van der Waals surface area (Å²) in [7, 11) is 4.25. The van der Waals surface area contributed by atoms with Gasteiger partial charge < -0.3 is 14.9 Å². The Hall–Kier alpha value is -0.620. The summed E-state index contributed by atoms with van der Waals surface area (Å²) in [5.74, 6) is 0. The van der Waals surface area contributed by atoms with E-state index in [1.54, 1.807) is 6.92 Å². The predicted octanol–water partition coefficient (Wildman–Crippen LogP) is 2.19. The molecule has 1 aromatic rings. The van der Waals surface area contributed by atoms with Gasteiger partial charge in [0.05, 0.1) is 6.10 Å². The summed E-state index contributed by atoms with van der Waals surface area (Å²) < 4.78 is 0.991. The van der Waals surface area contributed by atoms with E-state index in [9.17, 15) is 5.11 Å². The van der Waals surface area contributed by atoms with E-state index in [1.807, 2.05) is 6.07 Å². The highest BCUT2D eigenvalue weighted by Crippen LogP contribution is 2.28. The third-order valence-electron chi connectivity index (χ3n) is 4.04. The molecule has 0 saturated carbocycles. The lowest BCUT2D eigenvalue weighted by Gasteiger charge is -2.36. The molecule has 0 aromatic heterocycles. The molecule has 1 saturated heterocycles. The number of hydrogen-bond acceptors (Lipinski definition) is 4. The summed E-state index contributed by atoms with van der Waals surface area (Å²) in [4.78, 5) is 7.18. The van der Waals surface area contributed by atoms with Crippen LogP contribution in [-0.4, -0.2) is 68.3 Å². The van der Waals surface area contributed by atoms with E-state index in [1.165, 1.54) is 5.69 Å². The van der Waals surface area contributed by atoms with Crippen molar-refractivity contribution >= 4 is 21.6 Å². The van der Waals surface area contributed by atoms with Gasteiger partial charge in [0.15, 0.2) is 0 Å². The molecular weight excluding hydrogens is 330 g/mol. The lowest BCUT2D eigenvalue weighted by molar-refractivity contribution is 0.198. The smallest absolute Gasteiger partial charge is 0.0772 e. The summed E-state index contributed by atoms with van der Waals surface area (Å²) in [6, 6.07) is 6.25. The van der Waals surface area contributed by atoms with E-state index < -0.39 is 6.10 Å². The quantitative estimate of drug-likeness (QED) is 0.876. The fourth-order valence-corrected chi connectivity index (χ4v) is 3.32. The lowest BCUT2D eigenvalue weighted by Crippen LogP contribution is -2.48. The Kier molecular flexibility index (Phi) is 6.05. The molecule has 1 aliphatic rings. The number of rotatable bonds is 5. The van der Waals surface area contributed by atoms with Gasteiger partial charge in [0.25, 0.3) is 0 Å². The Morgan fingerprint density at radius 2 is 1.90 bits per heavy atom. The number of likely N-dealkylation sites (N-methyl/N-ethyl adjacent to an activating group) is 1. The molecule has 0 spiro atoms. The number of nitrogens with zero attached hydrogens (tertiary/aromatic N) is 3. The van der Waals surface area contributed by atoms with Gasteiger partial charge in [-0.15, -0.1) is 0 Å². The molecule has 0 amide bonds. The van der Waals surface area contributed by atoms with Crippen molar-refractivity contribution in [2.75, 3.05) is 58.3 Å². The highest BCUT2D eigenvalue weighted by molar-refractivity contribution is 9.10. The maximum atomic E-state index is 9.69. The van der Waals surface area contributed by atoms with Crippen LogP contribution in [0.15, 0.2) is 22.7 Å². The summed E-state index contributed by atoms with van der Waals surface area (Å²) in [6.45, 7) is 8.42. The largest absolute Gasteiger partial charge is 0.389 e. The van der Waals surface area contributed by atoms with Crippen molar-refractivity contribution in [1.82, 2.24) is 9.80 Å². The van der Waals surface area contributed by atoms with Crippen molar-refractivity contribution in [2.45, 2.75) is 13.0 Å². The number of hydrogen-bond donors (Lipinski definition) is 1. The first-order chi connectivity index (χ1) is 9.97. The fourth-order valence-electron chi connectivity index (χ4n) is 2.62. The van der Waals surface area contributed by atoms with Gasteiger partial charge in [-0.05, 0) is 38.7 Å². The zero-order valence-electron chi connectivity index (χ0n) is 13.2. The first-order valence-electron chi connectivity index (χ1n) is 7.57. The van der Waals surface area contributed by atoms with Gasteiger partial charge in [-0.3, -0.25) is 4.90 Å². The molecule has 5 heteroatoms. The van der Waals surface area contributed by atoms with Gasteiger partial charge >= 0.3 is 0 Å². The summed E-state index contributed by atoms with van der Waals surface area (Å²) in [6.07, 6.45) is -0.434. The van der Waals surface area contributed by atoms with Crippen molar-refractivity contribution in [1.29, 1.82) is 0 Å². The van der Waals surface area contributed by atoms with E-state index >= 15 is 0 Å². The van der Waals surface area contributed by atoms with Crippen LogP contribution in [0.25, 0.3) is 0 Å². The van der Waals surface area contributed by atoms with Crippen molar-refractivity contribution in [3.63, 3.8) is 0 Å². The standard InChI is InChI=1S/C16H26BrN3O/c1-13(21)15-5-4-14(12-16(15)17)20-10-8-19(9-11-20)7-6-18(2)3/h4-5,12-13,21H,6-11H2,1-3H3/t13-/m1/s1. The van der Waals surface area contributed by atoms with E-state index in [0.717, 1.165) is 49.3 Å². The number of benzene rings is 1. The number of halogens is 1. The summed E-state index contributed by atoms with van der Waals surface area (Å²) in [5, 5.41) is 9.69. The third-order valence-corrected chi connectivity index (χ3v) is 4.72. The van der Waals surface area contributed by atoms with Gasteiger partial charge in [0.2, 0.25) is 0 Å². The van der Waals surface area contributed by atoms with Gasteiger partial charge in [0, 0.05) is 49.4 Å². The van der Waals surface area contributed by atoms with Crippen LogP contribution in [0.2, 0.25) is 0 Å². The second-order valence-corrected chi connectivity index (χ2v) is 6.87. The molecule has 21 heavy (non-hydrogen) atoms. The molecule has 4 nitrogen and oxygen atoms in total. The zero-order valence-corrected chi connectivity index (χ0v) is 14.8. The molecule has 1 atom stereocenters. The fraction of sp³-hybridized carbons (Fsp3) is 0.625. The van der Waals surface area contributed by atoms with Crippen LogP contribution in [0.1, 0.15) is 18.6 Å². The van der Waals surface area contributed by atoms with Crippen LogP contribution < -0.4 is 4.90 Å². The van der Waals surface area contributed by atoms with Crippen LogP contribution >= 0.6 is 15.9 Å². The molecule has 0 aliphatic carbocycles. The molecule has 0 bridgehead atoms. The Morgan fingerprint density at radius 1 is 1.24 bits per heavy atom. The van der Waals surface area contributed by atoms with E-state index in [2.05, 4.69) is 56.9 Å². The maximum Gasteiger partial charge on any atom is 0.0772 e. The summed E-state index contributed by atoms with van der Waals surface area (Å²) >= 11 is 3.56. The average molecular weight is 356 g/mol. The number of anilines is 1. The van der Waals surface area contributed by atoms with Crippen LogP contribution in [0, 0.1) is 0 Å². The monoisotopic (exact) mass is 355 g/mol. The predicted molar refractivity (Wildman–Crippen MR) is 92.0 cm³/mol. The van der Waals surface area contributed by atoms with Crippen molar-refractivity contribution in [3.05, 3.63) is 28.2 Å². The normalized spacial score (nSPS) is 18.3. The first-order valence-corrected chi connectivity index (χ1v) is 8.36. The molecule has 118 valence electrons. The van der Waals surface area contributed by atoms with Gasteiger partial charge in [-0.25, -0.2) is 0 Å². The molecule has 1 heterocycles. The number of piperazine rings is 1. The molecule has 0 unspecified atom stereocenters. The van der Waals surface area contributed by atoms with E-state index in [4.69, 9.17) is 0 Å². The van der Waals surface area contributed by atoms with Crippen molar-refractivity contribution < 1.29 is 5.11 Å². The minimum absolute atomic E-state index is 0.434. The van der Waals surface area contributed by atoms with Crippen LogP contribution in [0.5, 0.6) is 0 Å². The maximum absolute atomic E-state index is 9.69. The molecule has 1 aliphatic heterocycles. The first kappa shape index (κ1) is 16.7. The minimum Gasteiger partial charge on any atom is -0.389 e. The highest BCUT2D eigenvalue weighted by Gasteiger charge is 2.18. The van der Waals surface area contributed by atoms with Crippen LogP contribution in [0.4, 0.5) is 5.69 Å². The molecule has 1 N–H and O–H groups in total. The Labute approximate surface area is 136 Å². The zero-order chi connectivity index (χ0) is 15.4. The van der Waals surface area contributed by atoms with Gasteiger partial charge in [0.1, 0.15) is 0 Å².